The number of sulfonamides is 1. The minimum absolute atomic E-state index is 0.248. The second-order valence-corrected chi connectivity index (χ2v) is 12.8. The molecular formula is C26H35ClN8O2S. The van der Waals surface area contributed by atoms with Gasteiger partial charge in [0.15, 0.2) is 11.6 Å². The number of benzene rings is 1. The first-order valence-electron chi connectivity index (χ1n) is 13.1. The molecule has 3 N–H and O–H groups in total. The van der Waals surface area contributed by atoms with Gasteiger partial charge in [-0.2, -0.15) is 10.1 Å². The van der Waals surface area contributed by atoms with Crippen LogP contribution in [0.3, 0.4) is 0 Å². The van der Waals surface area contributed by atoms with Crippen molar-refractivity contribution in [3.8, 4) is 0 Å². The summed E-state index contributed by atoms with van der Waals surface area (Å²) in [7, 11) is -3.18. The van der Waals surface area contributed by atoms with Crippen LogP contribution < -0.4 is 10.6 Å². The number of piperidine rings is 1. The molecule has 0 amide bonds. The normalized spacial score (nSPS) is 17.1. The van der Waals surface area contributed by atoms with E-state index < -0.39 is 10.0 Å². The highest BCUT2D eigenvalue weighted by Crippen LogP contribution is 2.35. The fourth-order valence-electron chi connectivity index (χ4n) is 4.99. The number of anilines is 4. The van der Waals surface area contributed by atoms with E-state index in [9.17, 15) is 8.42 Å². The molecule has 2 fully saturated rings. The first kappa shape index (κ1) is 26.9. The molecule has 0 saturated carbocycles. The van der Waals surface area contributed by atoms with E-state index in [2.05, 4.69) is 61.7 Å². The molecule has 4 heterocycles. The first-order valence-corrected chi connectivity index (χ1v) is 15.1. The molecule has 0 unspecified atom stereocenters. The third kappa shape index (κ3) is 6.45. The zero-order valence-electron chi connectivity index (χ0n) is 22.1. The minimum atomic E-state index is -3.18. The molecule has 12 heteroatoms. The Balaban J connectivity index is 1.22. The number of halogens is 1. The van der Waals surface area contributed by atoms with Gasteiger partial charge in [-0.25, -0.2) is 17.7 Å². The highest BCUT2D eigenvalue weighted by Gasteiger charge is 2.29. The van der Waals surface area contributed by atoms with E-state index in [1.165, 1.54) is 5.56 Å². The van der Waals surface area contributed by atoms with E-state index in [0.29, 0.717) is 48.0 Å². The maximum atomic E-state index is 12.8. The first-order chi connectivity index (χ1) is 18.2. The van der Waals surface area contributed by atoms with Gasteiger partial charge in [-0.3, -0.25) is 5.10 Å². The molecule has 0 radical (unpaired) electrons. The van der Waals surface area contributed by atoms with Crippen molar-refractivity contribution in [3.63, 3.8) is 0 Å². The van der Waals surface area contributed by atoms with Crippen LogP contribution in [0, 0.1) is 20.8 Å². The zero-order valence-corrected chi connectivity index (χ0v) is 23.7. The van der Waals surface area contributed by atoms with E-state index >= 15 is 0 Å². The quantitative estimate of drug-likeness (QED) is 0.312. The molecule has 0 aliphatic carbocycles. The van der Waals surface area contributed by atoms with Crippen molar-refractivity contribution in [2.24, 2.45) is 0 Å². The second-order valence-electron chi connectivity index (χ2n) is 10.3. The highest BCUT2D eigenvalue weighted by molar-refractivity contribution is 7.89. The summed E-state index contributed by atoms with van der Waals surface area (Å²) in [5, 5.41) is 13.9. The van der Waals surface area contributed by atoms with Gasteiger partial charge in [0, 0.05) is 43.6 Å². The van der Waals surface area contributed by atoms with Gasteiger partial charge >= 0.3 is 0 Å². The number of hydrogen-bond donors (Lipinski definition) is 3. The smallest absolute Gasteiger partial charge is 0.229 e. The third-order valence-corrected chi connectivity index (χ3v) is 9.49. The van der Waals surface area contributed by atoms with Gasteiger partial charge in [-0.1, -0.05) is 17.7 Å². The number of hydrogen-bond acceptors (Lipinski definition) is 8. The second kappa shape index (κ2) is 11.2. The minimum Gasteiger partial charge on any atom is -0.324 e. The monoisotopic (exact) mass is 558 g/mol. The Hall–Kier alpha value is -2.73. The number of nitrogens with one attached hydrogen (secondary N) is 3. The van der Waals surface area contributed by atoms with Crippen molar-refractivity contribution in [2.75, 3.05) is 49.1 Å². The molecule has 0 atom stereocenters. The molecule has 0 bridgehead atoms. The van der Waals surface area contributed by atoms with E-state index in [4.69, 9.17) is 11.6 Å². The summed E-state index contributed by atoms with van der Waals surface area (Å²) >= 11 is 6.30. The number of rotatable bonds is 10. The Bertz CT molecular complexity index is 1400. The van der Waals surface area contributed by atoms with Gasteiger partial charge in [-0.05, 0) is 75.3 Å². The van der Waals surface area contributed by atoms with E-state index in [1.54, 1.807) is 10.5 Å². The largest absolute Gasteiger partial charge is 0.324 e. The maximum Gasteiger partial charge on any atom is 0.229 e. The topological polar surface area (TPSA) is 119 Å². The van der Waals surface area contributed by atoms with Crippen molar-refractivity contribution in [1.29, 1.82) is 0 Å². The zero-order chi connectivity index (χ0) is 26.9. The molecule has 5 rings (SSSR count). The van der Waals surface area contributed by atoms with Crippen molar-refractivity contribution >= 4 is 44.9 Å². The summed E-state index contributed by atoms with van der Waals surface area (Å²) in [5.74, 6) is 2.11. The lowest BCUT2D eigenvalue weighted by Crippen LogP contribution is -2.39. The fraction of sp³-hybridized carbons (Fsp3) is 0.500. The van der Waals surface area contributed by atoms with Crippen molar-refractivity contribution < 1.29 is 8.42 Å². The molecular weight excluding hydrogens is 524 g/mol. The molecule has 10 nitrogen and oxygen atoms in total. The van der Waals surface area contributed by atoms with Gasteiger partial charge < -0.3 is 15.5 Å². The molecule has 2 aromatic heterocycles. The lowest BCUT2D eigenvalue weighted by molar-refractivity contribution is 0.318. The maximum absolute atomic E-state index is 12.8. The summed E-state index contributed by atoms with van der Waals surface area (Å²) in [4.78, 5) is 11.1. The molecule has 0 spiro atoms. The van der Waals surface area contributed by atoms with Crippen LogP contribution in [0.4, 0.5) is 23.3 Å². The summed E-state index contributed by atoms with van der Waals surface area (Å²) in [6.07, 6.45) is 3.94. The van der Waals surface area contributed by atoms with Crippen LogP contribution in [0.15, 0.2) is 24.4 Å². The SMILES string of the molecule is Cc1cc(Nc2nc(Nc3cc(C)c(C4CCN(S(=O)(=O)CCCN5CC5)CC4)cc3C)ncc2Cl)n[nH]1. The van der Waals surface area contributed by atoms with Gasteiger partial charge in [0.1, 0.15) is 5.02 Å². The van der Waals surface area contributed by atoms with E-state index in [0.717, 1.165) is 55.0 Å². The Morgan fingerprint density at radius 3 is 2.50 bits per heavy atom. The lowest BCUT2D eigenvalue weighted by Gasteiger charge is -2.32. The van der Waals surface area contributed by atoms with Crippen LogP contribution in [0.5, 0.6) is 0 Å². The predicted octanol–water partition coefficient (Wildman–Crippen LogP) is 4.48. The Kier molecular flexibility index (Phi) is 7.90. The fourth-order valence-corrected chi connectivity index (χ4v) is 6.65. The molecule has 3 aromatic rings. The number of aromatic amines is 1. The van der Waals surface area contributed by atoms with Gasteiger partial charge in [0.2, 0.25) is 16.0 Å². The summed E-state index contributed by atoms with van der Waals surface area (Å²) in [6, 6.07) is 6.19. The van der Waals surface area contributed by atoms with E-state index in [1.807, 2.05) is 13.0 Å². The van der Waals surface area contributed by atoms with Crippen LogP contribution >= 0.6 is 11.6 Å². The van der Waals surface area contributed by atoms with Gasteiger partial charge in [0.25, 0.3) is 0 Å². The van der Waals surface area contributed by atoms with Gasteiger partial charge in [0.05, 0.1) is 11.9 Å². The molecule has 38 heavy (non-hydrogen) atoms. The van der Waals surface area contributed by atoms with Crippen molar-refractivity contribution in [3.05, 3.63) is 51.8 Å². The lowest BCUT2D eigenvalue weighted by atomic mass is 9.86. The van der Waals surface area contributed by atoms with Crippen LogP contribution in [0.25, 0.3) is 0 Å². The highest BCUT2D eigenvalue weighted by atomic mass is 35.5. The molecule has 1 aromatic carbocycles. The van der Waals surface area contributed by atoms with Crippen molar-refractivity contribution in [2.45, 2.75) is 46.0 Å². The van der Waals surface area contributed by atoms with Crippen LogP contribution in [0.1, 0.15) is 47.6 Å². The molecule has 2 saturated heterocycles. The Morgan fingerprint density at radius 1 is 1.05 bits per heavy atom. The standard InChI is InChI=1S/C26H35ClN8O2S/c1-17-14-23(29-26-28-16-22(27)25(31-26)30-24-15-19(3)32-33-24)18(2)13-21(17)20-5-8-35(9-6-20)38(36,37)12-4-7-34-10-11-34/h13-16,20H,4-12H2,1-3H3,(H3,28,29,30,31,32,33). The third-order valence-electron chi connectivity index (χ3n) is 7.26. The summed E-state index contributed by atoms with van der Waals surface area (Å²) < 4.78 is 27.3. The van der Waals surface area contributed by atoms with E-state index in [-0.39, 0.29) is 5.75 Å². The number of nitrogens with zero attached hydrogens (tertiary/aromatic N) is 5. The number of aromatic nitrogens is 4. The summed E-state index contributed by atoms with van der Waals surface area (Å²) in [5.41, 5.74) is 5.36. The van der Waals surface area contributed by atoms with Crippen LogP contribution in [0.2, 0.25) is 5.02 Å². The number of H-pyrrole nitrogens is 1. The van der Waals surface area contributed by atoms with Crippen LogP contribution in [-0.2, 0) is 10.0 Å². The Labute approximate surface area is 229 Å². The van der Waals surface area contributed by atoms with Crippen LogP contribution in [-0.4, -0.2) is 76.3 Å². The summed E-state index contributed by atoms with van der Waals surface area (Å²) in [6.45, 7) is 10.3. The average Bonchev–Trinajstić information content (AvgIpc) is 3.62. The Morgan fingerprint density at radius 2 is 1.82 bits per heavy atom. The molecule has 2 aliphatic heterocycles. The average molecular weight is 559 g/mol. The number of aryl methyl sites for hydroxylation is 3. The molecule has 2 aliphatic rings. The predicted molar refractivity (Wildman–Crippen MR) is 151 cm³/mol. The molecule has 204 valence electrons. The van der Waals surface area contributed by atoms with Gasteiger partial charge in [-0.15, -0.1) is 0 Å². The van der Waals surface area contributed by atoms with Crippen molar-refractivity contribution in [1.82, 2.24) is 29.4 Å².